The first kappa shape index (κ1) is 14.8. The molecule has 1 aromatic carbocycles. The third kappa shape index (κ3) is 4.21. The van der Waals surface area contributed by atoms with Crippen molar-refractivity contribution in [3.05, 3.63) is 29.8 Å². The highest BCUT2D eigenvalue weighted by Gasteiger charge is 2.17. The zero-order chi connectivity index (χ0) is 14.4. The minimum Gasteiger partial charge on any atom is -0.492 e. The van der Waals surface area contributed by atoms with Crippen molar-refractivity contribution >= 4 is 5.97 Å². The van der Waals surface area contributed by atoms with Crippen molar-refractivity contribution in [1.82, 2.24) is 10.2 Å². The summed E-state index contributed by atoms with van der Waals surface area (Å²) in [5.41, 5.74) is 0.282. The van der Waals surface area contributed by atoms with E-state index in [4.69, 9.17) is 9.84 Å². The Labute approximate surface area is 119 Å². The van der Waals surface area contributed by atoms with Gasteiger partial charge in [0.1, 0.15) is 12.4 Å². The molecular weight excluding hydrogens is 256 g/mol. The lowest BCUT2D eigenvalue weighted by Gasteiger charge is -2.31. The molecule has 0 aromatic heterocycles. The van der Waals surface area contributed by atoms with Gasteiger partial charge in [0.15, 0.2) is 0 Å². The van der Waals surface area contributed by atoms with Crippen molar-refractivity contribution < 1.29 is 14.6 Å². The molecule has 0 aliphatic carbocycles. The second-order valence-electron chi connectivity index (χ2n) is 5.14. The summed E-state index contributed by atoms with van der Waals surface area (Å²) in [7, 11) is 2.13. The molecule has 1 aliphatic heterocycles. The van der Waals surface area contributed by atoms with E-state index < -0.39 is 5.97 Å². The topological polar surface area (TPSA) is 61.8 Å². The predicted molar refractivity (Wildman–Crippen MR) is 77.4 cm³/mol. The number of ether oxygens (including phenoxy) is 1. The van der Waals surface area contributed by atoms with E-state index in [1.165, 1.54) is 12.8 Å². The molecule has 0 radical (unpaired) electrons. The highest BCUT2D eigenvalue weighted by molar-refractivity contribution is 5.87. The van der Waals surface area contributed by atoms with Gasteiger partial charge in [-0.15, -0.1) is 0 Å². The maximum atomic E-state index is 10.7. The van der Waals surface area contributed by atoms with Crippen molar-refractivity contribution in [2.45, 2.75) is 18.9 Å². The highest BCUT2D eigenvalue weighted by Crippen LogP contribution is 2.13. The molecular formula is C15H22N2O3. The van der Waals surface area contributed by atoms with E-state index in [-0.39, 0.29) is 5.56 Å². The fourth-order valence-electron chi connectivity index (χ4n) is 2.43. The van der Waals surface area contributed by atoms with Crippen LogP contribution < -0.4 is 10.1 Å². The van der Waals surface area contributed by atoms with E-state index in [0.29, 0.717) is 18.4 Å². The predicted octanol–water partition coefficient (Wildman–Crippen LogP) is 1.45. The van der Waals surface area contributed by atoms with Crippen LogP contribution >= 0.6 is 0 Å². The van der Waals surface area contributed by atoms with Crippen LogP contribution in [-0.2, 0) is 0 Å². The Balaban J connectivity index is 1.73. The Morgan fingerprint density at radius 3 is 2.60 bits per heavy atom. The number of carboxylic acids is 1. The van der Waals surface area contributed by atoms with E-state index in [1.54, 1.807) is 24.3 Å². The summed E-state index contributed by atoms with van der Waals surface area (Å²) in [5, 5.41) is 12.2. The molecule has 1 aromatic rings. The highest BCUT2D eigenvalue weighted by atomic mass is 16.5. The first-order chi connectivity index (χ1) is 9.66. The number of nitrogens with one attached hydrogen (secondary N) is 1. The van der Waals surface area contributed by atoms with Gasteiger partial charge in [-0.2, -0.15) is 0 Å². The summed E-state index contributed by atoms with van der Waals surface area (Å²) < 4.78 is 5.65. The zero-order valence-corrected chi connectivity index (χ0v) is 11.8. The van der Waals surface area contributed by atoms with Crippen LogP contribution in [0.25, 0.3) is 0 Å². The van der Waals surface area contributed by atoms with Gasteiger partial charge in [0.25, 0.3) is 0 Å². The molecule has 0 bridgehead atoms. The molecule has 1 saturated heterocycles. The first-order valence-electron chi connectivity index (χ1n) is 7.04. The van der Waals surface area contributed by atoms with Crippen LogP contribution in [0.15, 0.2) is 24.3 Å². The Morgan fingerprint density at radius 2 is 2.00 bits per heavy atom. The summed E-state index contributed by atoms with van der Waals surface area (Å²) in [6, 6.07) is 7.17. The maximum Gasteiger partial charge on any atom is 0.335 e. The van der Waals surface area contributed by atoms with Gasteiger partial charge < -0.3 is 15.2 Å². The monoisotopic (exact) mass is 278 g/mol. The van der Waals surface area contributed by atoms with Gasteiger partial charge in [0, 0.05) is 12.6 Å². The Morgan fingerprint density at radius 1 is 1.35 bits per heavy atom. The number of hydrogen-bond acceptors (Lipinski definition) is 4. The van der Waals surface area contributed by atoms with E-state index in [9.17, 15) is 4.79 Å². The Hall–Kier alpha value is -1.59. The molecule has 20 heavy (non-hydrogen) atoms. The number of rotatable bonds is 6. The molecule has 2 rings (SSSR count). The number of aromatic carboxylic acids is 1. The number of hydrogen-bond donors (Lipinski definition) is 2. The lowest BCUT2D eigenvalue weighted by Crippen LogP contribution is -2.42. The van der Waals surface area contributed by atoms with Crippen LogP contribution in [0, 0.1) is 0 Å². The molecule has 1 heterocycles. The minimum absolute atomic E-state index is 0.282. The van der Waals surface area contributed by atoms with Crippen molar-refractivity contribution in [1.29, 1.82) is 0 Å². The SMILES string of the molecule is CN(CCOc1ccc(C(=O)O)cc1)C1CCNCC1. The van der Waals surface area contributed by atoms with Crippen LogP contribution in [0.5, 0.6) is 5.75 Å². The number of likely N-dealkylation sites (N-methyl/N-ethyl adjacent to an activating group) is 1. The van der Waals surface area contributed by atoms with Gasteiger partial charge >= 0.3 is 5.97 Å². The number of benzene rings is 1. The minimum atomic E-state index is -0.915. The molecule has 5 heteroatoms. The standard InChI is InChI=1S/C15H22N2O3/c1-17(13-6-8-16-9-7-13)10-11-20-14-4-2-12(3-5-14)15(18)19/h2-5,13,16H,6-11H2,1H3,(H,18,19). The van der Waals surface area contributed by atoms with Gasteiger partial charge in [-0.3, -0.25) is 4.90 Å². The molecule has 0 unspecified atom stereocenters. The molecule has 2 N–H and O–H groups in total. The fraction of sp³-hybridized carbons (Fsp3) is 0.533. The van der Waals surface area contributed by atoms with Gasteiger partial charge in [-0.05, 0) is 57.2 Å². The van der Waals surface area contributed by atoms with E-state index >= 15 is 0 Å². The molecule has 0 spiro atoms. The van der Waals surface area contributed by atoms with Gasteiger partial charge in [0.05, 0.1) is 5.56 Å². The maximum absolute atomic E-state index is 10.7. The number of piperidine rings is 1. The van der Waals surface area contributed by atoms with Gasteiger partial charge in [-0.25, -0.2) is 4.79 Å². The number of carboxylic acid groups (broad SMARTS) is 1. The first-order valence-corrected chi connectivity index (χ1v) is 7.04. The Bertz CT molecular complexity index is 427. The van der Waals surface area contributed by atoms with Crippen LogP contribution in [-0.4, -0.2) is 55.3 Å². The molecule has 0 saturated carbocycles. The van der Waals surface area contributed by atoms with E-state index in [1.807, 2.05) is 0 Å². The summed E-state index contributed by atoms with van der Waals surface area (Å²) in [5.74, 6) is -0.198. The normalized spacial score (nSPS) is 16.3. The van der Waals surface area contributed by atoms with Crippen molar-refractivity contribution in [2.75, 3.05) is 33.3 Å². The third-order valence-electron chi connectivity index (χ3n) is 3.75. The fourth-order valence-corrected chi connectivity index (χ4v) is 2.43. The second-order valence-corrected chi connectivity index (χ2v) is 5.14. The van der Waals surface area contributed by atoms with Crippen LogP contribution in [0.2, 0.25) is 0 Å². The summed E-state index contributed by atoms with van der Waals surface area (Å²) in [6.07, 6.45) is 2.37. The summed E-state index contributed by atoms with van der Waals surface area (Å²) in [6.45, 7) is 3.68. The van der Waals surface area contributed by atoms with Crippen LogP contribution in [0.1, 0.15) is 23.2 Å². The average molecular weight is 278 g/mol. The van der Waals surface area contributed by atoms with Crippen molar-refractivity contribution in [3.8, 4) is 5.75 Å². The zero-order valence-electron chi connectivity index (χ0n) is 11.8. The van der Waals surface area contributed by atoms with E-state index in [0.717, 1.165) is 19.6 Å². The van der Waals surface area contributed by atoms with Crippen molar-refractivity contribution in [3.63, 3.8) is 0 Å². The largest absolute Gasteiger partial charge is 0.492 e. The van der Waals surface area contributed by atoms with E-state index in [2.05, 4.69) is 17.3 Å². The molecule has 5 nitrogen and oxygen atoms in total. The molecule has 1 aliphatic rings. The van der Waals surface area contributed by atoms with Gasteiger partial charge in [0.2, 0.25) is 0 Å². The lowest BCUT2D eigenvalue weighted by molar-refractivity contribution is 0.0697. The number of nitrogens with zero attached hydrogens (tertiary/aromatic N) is 1. The van der Waals surface area contributed by atoms with Gasteiger partial charge in [-0.1, -0.05) is 0 Å². The lowest BCUT2D eigenvalue weighted by atomic mass is 10.1. The molecule has 1 fully saturated rings. The smallest absolute Gasteiger partial charge is 0.335 e. The van der Waals surface area contributed by atoms with Crippen molar-refractivity contribution in [2.24, 2.45) is 0 Å². The molecule has 0 amide bonds. The van der Waals surface area contributed by atoms with Crippen LogP contribution in [0.3, 0.4) is 0 Å². The Kier molecular flexibility index (Phi) is 5.38. The average Bonchev–Trinajstić information content (AvgIpc) is 2.48. The molecule has 0 atom stereocenters. The summed E-state index contributed by atoms with van der Waals surface area (Å²) >= 11 is 0. The summed E-state index contributed by atoms with van der Waals surface area (Å²) in [4.78, 5) is 13.1. The third-order valence-corrected chi connectivity index (χ3v) is 3.75. The van der Waals surface area contributed by atoms with Crippen LogP contribution in [0.4, 0.5) is 0 Å². The number of carbonyl (C=O) groups is 1. The molecule has 110 valence electrons. The second kappa shape index (κ2) is 7.26. The quantitative estimate of drug-likeness (QED) is 0.824.